The molecule has 0 aliphatic heterocycles. The summed E-state index contributed by atoms with van der Waals surface area (Å²) in [6.45, 7) is 4.16. The largest absolute Gasteiger partial charge is 0.276 e. The number of carbonyl (C=O) groups is 1. The van der Waals surface area contributed by atoms with E-state index in [1.54, 1.807) is 18.2 Å². The summed E-state index contributed by atoms with van der Waals surface area (Å²) in [4.78, 5) is 11.0. The van der Waals surface area contributed by atoms with Gasteiger partial charge in [-0.15, -0.1) is 0 Å². The van der Waals surface area contributed by atoms with Crippen LogP contribution < -0.4 is 5.19 Å². The minimum Gasteiger partial charge on any atom is -0.276 e. The maximum absolute atomic E-state index is 11.0. The van der Waals surface area contributed by atoms with Gasteiger partial charge in [0.2, 0.25) is 0 Å². The predicted octanol–water partition coefficient (Wildman–Crippen LogP) is 2.68. The van der Waals surface area contributed by atoms with Gasteiger partial charge in [0.15, 0.2) is 0 Å². The van der Waals surface area contributed by atoms with Crippen molar-refractivity contribution < 1.29 is 4.79 Å². The van der Waals surface area contributed by atoms with Gasteiger partial charge >= 0.3 is 0 Å². The average molecular weight is 232 g/mol. The van der Waals surface area contributed by atoms with Crippen molar-refractivity contribution in [2.75, 3.05) is 0 Å². The molecule has 0 unspecified atom stereocenters. The molecule has 0 aliphatic rings. The van der Waals surface area contributed by atoms with E-state index in [2.05, 4.69) is 13.1 Å². The molecule has 1 aromatic rings. The molecule has 0 saturated carbocycles. The van der Waals surface area contributed by atoms with Gasteiger partial charge in [-0.1, -0.05) is 36.8 Å². The fourth-order valence-corrected chi connectivity index (χ4v) is 3.47. The van der Waals surface area contributed by atoms with E-state index in [4.69, 9.17) is 23.2 Å². The number of hydrogen-bond donors (Lipinski definition) is 0. The third kappa shape index (κ3) is 2.33. The highest BCUT2D eigenvalue weighted by Crippen LogP contribution is 2.12. The number of carbonyl (C=O) groups excluding carboxylic acids is 1. The molecule has 1 radical (unpaired) electrons. The van der Waals surface area contributed by atoms with E-state index in [0.29, 0.717) is 10.6 Å². The molecule has 0 aliphatic carbocycles. The number of rotatable bonds is 2. The van der Waals surface area contributed by atoms with E-state index in [-0.39, 0.29) is 0 Å². The number of halogens is 2. The third-order valence-corrected chi connectivity index (χ3v) is 3.94. The van der Waals surface area contributed by atoms with Crippen molar-refractivity contribution in [3.63, 3.8) is 0 Å². The molecule has 0 heterocycles. The third-order valence-electron chi connectivity index (χ3n) is 1.73. The molecule has 0 amide bonds. The lowest BCUT2D eigenvalue weighted by Crippen LogP contribution is -2.29. The van der Waals surface area contributed by atoms with Gasteiger partial charge in [0.1, 0.15) is 0 Å². The maximum Gasteiger partial charge on any atom is 0.252 e. The molecule has 0 N–H and O–H groups in total. The highest BCUT2D eigenvalue weighted by Gasteiger charge is 2.15. The van der Waals surface area contributed by atoms with E-state index in [9.17, 15) is 4.79 Å². The van der Waals surface area contributed by atoms with Gasteiger partial charge in [0, 0.05) is 10.6 Å². The second kappa shape index (κ2) is 4.27. The van der Waals surface area contributed by atoms with Crippen LogP contribution in [0, 0.1) is 0 Å². The van der Waals surface area contributed by atoms with E-state index in [1.807, 2.05) is 0 Å². The van der Waals surface area contributed by atoms with Gasteiger partial charge in [0.25, 0.3) is 5.24 Å². The van der Waals surface area contributed by atoms with Crippen LogP contribution in [0.1, 0.15) is 10.4 Å². The summed E-state index contributed by atoms with van der Waals surface area (Å²) in [5.74, 6) is 0. The lowest BCUT2D eigenvalue weighted by molar-refractivity contribution is 0.108. The molecule has 13 heavy (non-hydrogen) atoms. The van der Waals surface area contributed by atoms with Crippen LogP contribution in [0.15, 0.2) is 18.2 Å². The fourth-order valence-electron chi connectivity index (χ4n) is 1.20. The number of benzene rings is 1. The molecule has 4 heteroatoms. The minimum atomic E-state index is -0.754. The molecular formula is C9H9Cl2OSi. The van der Waals surface area contributed by atoms with Gasteiger partial charge < -0.3 is 0 Å². The first kappa shape index (κ1) is 10.8. The summed E-state index contributed by atoms with van der Waals surface area (Å²) in [7, 11) is -0.754. The second-order valence-corrected chi connectivity index (χ2v) is 6.19. The quantitative estimate of drug-likeness (QED) is 0.566. The fraction of sp³-hybridized carbons (Fsp3) is 0.222. The molecular weight excluding hydrogens is 223 g/mol. The summed E-state index contributed by atoms with van der Waals surface area (Å²) < 4.78 is 0. The molecule has 1 rings (SSSR count). The van der Waals surface area contributed by atoms with Gasteiger partial charge in [-0.3, -0.25) is 4.79 Å². The highest BCUT2D eigenvalue weighted by atomic mass is 35.5. The normalized spacial score (nSPS) is 10.5. The molecule has 69 valence electrons. The van der Waals surface area contributed by atoms with Crippen LogP contribution in [0.25, 0.3) is 0 Å². The highest BCUT2D eigenvalue weighted by molar-refractivity contribution is 6.78. The number of hydrogen-bond acceptors (Lipinski definition) is 1. The lowest BCUT2D eigenvalue weighted by Gasteiger charge is -2.09. The topological polar surface area (TPSA) is 17.1 Å². The van der Waals surface area contributed by atoms with Crippen LogP contribution in [-0.4, -0.2) is 14.0 Å². The van der Waals surface area contributed by atoms with Crippen molar-refractivity contribution in [1.29, 1.82) is 0 Å². The van der Waals surface area contributed by atoms with Crippen molar-refractivity contribution in [1.82, 2.24) is 0 Å². The monoisotopic (exact) mass is 231 g/mol. The summed E-state index contributed by atoms with van der Waals surface area (Å²) in [5.41, 5.74) is 0.549. The van der Waals surface area contributed by atoms with Gasteiger partial charge in [-0.2, -0.15) is 0 Å². The summed E-state index contributed by atoms with van der Waals surface area (Å²) in [6.07, 6.45) is 0. The lowest BCUT2D eigenvalue weighted by atomic mass is 10.2. The van der Waals surface area contributed by atoms with Crippen LogP contribution in [0.2, 0.25) is 18.1 Å². The predicted molar refractivity (Wildman–Crippen MR) is 58.8 cm³/mol. The van der Waals surface area contributed by atoms with E-state index >= 15 is 0 Å². The Balaban J connectivity index is 3.34. The Kier molecular flexibility index (Phi) is 3.53. The van der Waals surface area contributed by atoms with E-state index in [1.165, 1.54) is 0 Å². The van der Waals surface area contributed by atoms with Crippen molar-refractivity contribution in [3.8, 4) is 0 Å². The zero-order valence-corrected chi connectivity index (χ0v) is 9.91. The average Bonchev–Trinajstić information content (AvgIpc) is 2.02. The Morgan fingerprint density at radius 1 is 1.38 bits per heavy atom. The summed E-state index contributed by atoms with van der Waals surface area (Å²) >= 11 is 11.4. The second-order valence-electron chi connectivity index (χ2n) is 2.94. The zero-order chi connectivity index (χ0) is 10.0. The molecule has 0 atom stereocenters. The molecule has 0 spiro atoms. The maximum atomic E-state index is 11.0. The van der Waals surface area contributed by atoms with Crippen LogP contribution >= 0.6 is 23.2 Å². The first-order chi connectivity index (χ1) is 6.04. The standard InChI is InChI=1S/C9H9Cl2OSi/c1-13(2)8-6(9(11)12)4-3-5-7(8)10/h3-5H,1-2H3. The van der Waals surface area contributed by atoms with Crippen molar-refractivity contribution >= 4 is 42.4 Å². The van der Waals surface area contributed by atoms with Gasteiger partial charge in [-0.05, 0) is 22.9 Å². The summed E-state index contributed by atoms with van der Waals surface area (Å²) in [5, 5.41) is 1.14. The van der Waals surface area contributed by atoms with Gasteiger partial charge in [0.05, 0.1) is 8.80 Å². The molecule has 0 aromatic heterocycles. The molecule has 0 fully saturated rings. The van der Waals surface area contributed by atoms with Crippen LogP contribution in [-0.2, 0) is 0 Å². The molecule has 0 bridgehead atoms. The van der Waals surface area contributed by atoms with Crippen molar-refractivity contribution in [3.05, 3.63) is 28.8 Å². The Morgan fingerprint density at radius 3 is 2.38 bits per heavy atom. The zero-order valence-electron chi connectivity index (χ0n) is 7.40. The Hall–Kier alpha value is -0.313. The van der Waals surface area contributed by atoms with Crippen molar-refractivity contribution in [2.24, 2.45) is 0 Å². The van der Waals surface area contributed by atoms with Crippen molar-refractivity contribution in [2.45, 2.75) is 13.1 Å². The smallest absolute Gasteiger partial charge is 0.252 e. The first-order valence-corrected chi connectivity index (χ1v) is 7.08. The van der Waals surface area contributed by atoms with Crippen LogP contribution in [0.5, 0.6) is 0 Å². The first-order valence-electron chi connectivity index (χ1n) is 3.83. The Morgan fingerprint density at radius 2 is 2.00 bits per heavy atom. The van der Waals surface area contributed by atoms with E-state index in [0.717, 1.165) is 5.19 Å². The van der Waals surface area contributed by atoms with Gasteiger partial charge in [-0.25, -0.2) is 0 Å². The summed E-state index contributed by atoms with van der Waals surface area (Å²) in [6, 6.07) is 5.25. The molecule has 0 saturated heterocycles. The molecule has 1 nitrogen and oxygen atoms in total. The van der Waals surface area contributed by atoms with Crippen LogP contribution in [0.4, 0.5) is 0 Å². The SMILES string of the molecule is C[Si](C)c1c(Cl)cccc1C(=O)Cl. The Labute approximate surface area is 89.3 Å². The molecule has 1 aromatic carbocycles. The minimum absolute atomic E-state index is 0.427. The van der Waals surface area contributed by atoms with E-state index < -0.39 is 14.0 Å². The Bertz CT molecular complexity index is 336. The van der Waals surface area contributed by atoms with Crippen LogP contribution in [0.3, 0.4) is 0 Å².